The fraction of sp³-hybridized carbons (Fsp3) is 0.381. The molecule has 0 aliphatic heterocycles. The van der Waals surface area contributed by atoms with E-state index in [0.29, 0.717) is 31.3 Å². The maximum Gasteiger partial charge on any atom is 0.227 e. The highest BCUT2D eigenvalue weighted by molar-refractivity contribution is 5.90. The fourth-order valence-electron chi connectivity index (χ4n) is 2.68. The zero-order chi connectivity index (χ0) is 20.4. The molecule has 0 aliphatic carbocycles. The lowest BCUT2D eigenvalue weighted by Crippen LogP contribution is -2.39. The Morgan fingerprint density at radius 2 is 1.86 bits per heavy atom. The second-order valence-electron chi connectivity index (χ2n) is 6.51. The van der Waals surface area contributed by atoms with E-state index in [2.05, 4.69) is 38.9 Å². The van der Waals surface area contributed by atoms with Crippen LogP contribution in [0.2, 0.25) is 0 Å². The van der Waals surface area contributed by atoms with E-state index in [9.17, 15) is 4.79 Å². The molecule has 7 nitrogen and oxygen atoms in total. The number of guanidine groups is 1. The van der Waals surface area contributed by atoms with Gasteiger partial charge in [0, 0.05) is 32.8 Å². The van der Waals surface area contributed by atoms with E-state index in [1.54, 1.807) is 26.4 Å². The summed E-state index contributed by atoms with van der Waals surface area (Å²) in [6, 6.07) is 9.85. The zero-order valence-electron chi connectivity index (χ0n) is 17.0. The molecule has 2 rings (SSSR count). The number of amides is 1. The Hall–Kier alpha value is -3.09. The van der Waals surface area contributed by atoms with E-state index in [1.165, 1.54) is 5.56 Å². The van der Waals surface area contributed by atoms with Gasteiger partial charge >= 0.3 is 0 Å². The number of nitrogens with one attached hydrogen (secondary N) is 3. The predicted molar refractivity (Wildman–Crippen MR) is 113 cm³/mol. The summed E-state index contributed by atoms with van der Waals surface area (Å²) in [5.74, 6) is 2.01. The summed E-state index contributed by atoms with van der Waals surface area (Å²) in [6.07, 6.45) is 2.86. The summed E-state index contributed by atoms with van der Waals surface area (Å²) in [7, 11) is 3.39. The normalized spacial score (nSPS) is 11.1. The van der Waals surface area contributed by atoms with Gasteiger partial charge in [-0.1, -0.05) is 23.8 Å². The molecule has 0 spiro atoms. The predicted octanol–water partition coefficient (Wildman–Crippen LogP) is 2.44. The van der Waals surface area contributed by atoms with Gasteiger partial charge in [-0.3, -0.25) is 9.79 Å². The Balaban J connectivity index is 1.72. The molecule has 2 aromatic rings. The van der Waals surface area contributed by atoms with E-state index in [4.69, 9.17) is 4.74 Å². The number of pyridine rings is 1. The number of rotatable bonds is 8. The highest BCUT2D eigenvalue weighted by Crippen LogP contribution is 2.19. The van der Waals surface area contributed by atoms with Crippen molar-refractivity contribution in [2.75, 3.05) is 32.6 Å². The van der Waals surface area contributed by atoms with Crippen molar-refractivity contribution in [3.8, 4) is 5.75 Å². The van der Waals surface area contributed by atoms with Crippen molar-refractivity contribution in [3.63, 3.8) is 0 Å². The molecule has 0 radical (unpaired) electrons. The number of hydrogen-bond acceptors (Lipinski definition) is 4. The minimum atomic E-state index is -0.0937. The van der Waals surface area contributed by atoms with Crippen LogP contribution in [0.3, 0.4) is 0 Å². The standard InChI is InChI=1S/C21H29N5O2/c1-15-5-7-18(28-4)17(13-15)9-11-23-21(22-3)24-12-10-20(27)26-19-8-6-16(2)14-25-19/h5-8,13-14H,9-12H2,1-4H3,(H2,22,23,24)(H,25,26,27). The summed E-state index contributed by atoms with van der Waals surface area (Å²) in [5.41, 5.74) is 3.40. The molecule has 1 aromatic heterocycles. The lowest BCUT2D eigenvalue weighted by Gasteiger charge is -2.13. The van der Waals surface area contributed by atoms with Gasteiger partial charge in [-0.05, 0) is 43.5 Å². The number of hydrogen-bond donors (Lipinski definition) is 3. The van der Waals surface area contributed by atoms with Crippen molar-refractivity contribution >= 4 is 17.7 Å². The SMILES string of the molecule is CN=C(NCCC(=O)Nc1ccc(C)cn1)NCCc1cc(C)ccc1OC. The van der Waals surface area contributed by atoms with Crippen molar-refractivity contribution in [1.29, 1.82) is 0 Å². The fourth-order valence-corrected chi connectivity index (χ4v) is 2.68. The van der Waals surface area contributed by atoms with Crippen LogP contribution in [0.5, 0.6) is 5.75 Å². The van der Waals surface area contributed by atoms with Crippen molar-refractivity contribution in [2.45, 2.75) is 26.7 Å². The first-order valence-corrected chi connectivity index (χ1v) is 9.32. The molecule has 0 aliphatic rings. The van der Waals surface area contributed by atoms with Gasteiger partial charge in [-0.25, -0.2) is 4.98 Å². The molecule has 0 saturated heterocycles. The minimum Gasteiger partial charge on any atom is -0.496 e. The highest BCUT2D eigenvalue weighted by Gasteiger charge is 2.06. The Labute approximate surface area is 166 Å². The largest absolute Gasteiger partial charge is 0.496 e. The molecule has 1 amide bonds. The summed E-state index contributed by atoms with van der Waals surface area (Å²) in [4.78, 5) is 20.4. The van der Waals surface area contributed by atoms with Crippen molar-refractivity contribution in [3.05, 3.63) is 53.2 Å². The molecule has 0 atom stereocenters. The number of aliphatic imine (C=N–C) groups is 1. The van der Waals surface area contributed by atoms with E-state index in [0.717, 1.165) is 23.3 Å². The Morgan fingerprint density at radius 1 is 1.11 bits per heavy atom. The van der Waals surface area contributed by atoms with Gasteiger partial charge in [-0.15, -0.1) is 0 Å². The number of nitrogens with zero attached hydrogens (tertiary/aromatic N) is 2. The van der Waals surface area contributed by atoms with Crippen LogP contribution < -0.4 is 20.7 Å². The summed E-state index contributed by atoms with van der Waals surface area (Å²) >= 11 is 0. The Morgan fingerprint density at radius 3 is 2.54 bits per heavy atom. The van der Waals surface area contributed by atoms with Gasteiger partial charge < -0.3 is 20.7 Å². The molecule has 28 heavy (non-hydrogen) atoms. The number of methoxy groups -OCH3 is 1. The summed E-state index contributed by atoms with van der Waals surface area (Å²) in [6.45, 7) is 5.20. The monoisotopic (exact) mass is 383 g/mol. The topological polar surface area (TPSA) is 87.6 Å². The number of carbonyl (C=O) groups excluding carboxylic acids is 1. The van der Waals surface area contributed by atoms with Gasteiger partial charge in [0.05, 0.1) is 7.11 Å². The molecule has 0 saturated carbocycles. The minimum absolute atomic E-state index is 0.0937. The molecule has 0 unspecified atom stereocenters. The molecular formula is C21H29N5O2. The second kappa shape index (κ2) is 10.9. The highest BCUT2D eigenvalue weighted by atomic mass is 16.5. The molecule has 0 bridgehead atoms. The lowest BCUT2D eigenvalue weighted by molar-refractivity contribution is -0.116. The van der Waals surface area contributed by atoms with E-state index in [-0.39, 0.29) is 5.91 Å². The van der Waals surface area contributed by atoms with Crippen LogP contribution >= 0.6 is 0 Å². The number of ether oxygens (including phenoxy) is 1. The quantitative estimate of drug-likeness (QED) is 0.481. The van der Waals surface area contributed by atoms with Gasteiger partial charge in [-0.2, -0.15) is 0 Å². The number of benzene rings is 1. The number of carbonyl (C=O) groups is 1. The van der Waals surface area contributed by atoms with E-state index in [1.807, 2.05) is 25.1 Å². The van der Waals surface area contributed by atoms with Crippen molar-refractivity contribution in [1.82, 2.24) is 15.6 Å². The molecule has 3 N–H and O–H groups in total. The van der Waals surface area contributed by atoms with Crippen molar-refractivity contribution in [2.24, 2.45) is 4.99 Å². The number of aryl methyl sites for hydroxylation is 2. The van der Waals surface area contributed by atoms with Crippen LogP contribution in [0.1, 0.15) is 23.1 Å². The first kappa shape index (κ1) is 21.2. The number of aromatic nitrogens is 1. The smallest absolute Gasteiger partial charge is 0.227 e. The Bertz CT molecular complexity index is 803. The van der Waals surface area contributed by atoms with Crippen LogP contribution in [0.4, 0.5) is 5.82 Å². The maximum absolute atomic E-state index is 12.0. The summed E-state index contributed by atoms with van der Waals surface area (Å²) in [5, 5.41) is 9.18. The molecule has 150 valence electrons. The third-order valence-corrected chi connectivity index (χ3v) is 4.17. The van der Waals surface area contributed by atoms with Crippen molar-refractivity contribution < 1.29 is 9.53 Å². The third kappa shape index (κ3) is 6.90. The van der Waals surface area contributed by atoms with Gasteiger partial charge in [0.1, 0.15) is 11.6 Å². The van der Waals surface area contributed by atoms with E-state index >= 15 is 0 Å². The second-order valence-corrected chi connectivity index (χ2v) is 6.51. The third-order valence-electron chi connectivity index (χ3n) is 4.17. The molecule has 1 heterocycles. The van der Waals surface area contributed by atoms with Gasteiger partial charge in [0.15, 0.2) is 5.96 Å². The average molecular weight is 383 g/mol. The van der Waals surface area contributed by atoms with Crippen LogP contribution in [0, 0.1) is 13.8 Å². The zero-order valence-corrected chi connectivity index (χ0v) is 17.0. The van der Waals surface area contributed by atoms with E-state index < -0.39 is 0 Å². The molecule has 1 aromatic carbocycles. The van der Waals surface area contributed by atoms with Crippen LogP contribution in [-0.4, -0.2) is 44.1 Å². The first-order chi connectivity index (χ1) is 13.5. The van der Waals surface area contributed by atoms with Crippen LogP contribution in [0.15, 0.2) is 41.5 Å². The first-order valence-electron chi connectivity index (χ1n) is 9.32. The average Bonchev–Trinajstić information content (AvgIpc) is 2.68. The number of anilines is 1. The van der Waals surface area contributed by atoms with Gasteiger partial charge in [0.25, 0.3) is 0 Å². The molecular weight excluding hydrogens is 354 g/mol. The molecule has 7 heteroatoms. The Kier molecular flexibility index (Phi) is 8.27. The van der Waals surface area contributed by atoms with Crippen LogP contribution in [-0.2, 0) is 11.2 Å². The lowest BCUT2D eigenvalue weighted by atomic mass is 10.1. The summed E-state index contributed by atoms with van der Waals surface area (Å²) < 4.78 is 5.41. The maximum atomic E-state index is 12.0. The van der Waals surface area contributed by atoms with Gasteiger partial charge in [0.2, 0.25) is 5.91 Å². The molecule has 0 fully saturated rings. The van der Waals surface area contributed by atoms with Crippen LogP contribution in [0.25, 0.3) is 0 Å².